The highest BCUT2D eigenvalue weighted by atomic mass is 35.5. The monoisotopic (exact) mass is 294 g/mol. The number of nitrogens with one attached hydrogen (secondary N) is 1. The first kappa shape index (κ1) is 12.8. The Kier molecular flexibility index (Phi) is 2.95. The van der Waals surface area contributed by atoms with Gasteiger partial charge in [-0.1, -0.05) is 11.6 Å². The standard InChI is InChI=1S/C14H15ClN2OS/c1-14(5-2-6-14)17-13(18)12-11(16)9-4-3-8(15)7-10(9)19-12/h3-4,7H,2,5-6,16H2,1H3,(H,17,18). The second-order valence-corrected chi connectivity index (χ2v) is 6.84. The summed E-state index contributed by atoms with van der Waals surface area (Å²) in [5.41, 5.74) is 6.57. The van der Waals surface area contributed by atoms with Crippen LogP contribution in [-0.4, -0.2) is 11.4 Å². The number of rotatable bonds is 2. The Bertz CT molecular complexity index is 661. The van der Waals surface area contributed by atoms with Crippen molar-refractivity contribution in [3.8, 4) is 0 Å². The predicted octanol–water partition coefficient (Wildman–Crippen LogP) is 3.81. The van der Waals surface area contributed by atoms with Crippen molar-refractivity contribution >= 4 is 44.6 Å². The van der Waals surface area contributed by atoms with Gasteiger partial charge in [0.15, 0.2) is 0 Å². The van der Waals surface area contributed by atoms with Gasteiger partial charge in [0.25, 0.3) is 5.91 Å². The molecule has 5 heteroatoms. The lowest BCUT2D eigenvalue weighted by molar-refractivity contribution is 0.0855. The number of benzene rings is 1. The van der Waals surface area contributed by atoms with Crippen LogP contribution in [0.5, 0.6) is 0 Å². The van der Waals surface area contributed by atoms with Crippen LogP contribution in [0.4, 0.5) is 5.69 Å². The Labute approximate surface area is 120 Å². The SMILES string of the molecule is CC1(NC(=O)c2sc3cc(Cl)ccc3c2N)CCC1. The van der Waals surface area contributed by atoms with E-state index in [9.17, 15) is 4.79 Å². The van der Waals surface area contributed by atoms with Crippen LogP contribution < -0.4 is 11.1 Å². The fourth-order valence-corrected chi connectivity index (χ4v) is 3.72. The first-order valence-corrected chi connectivity index (χ1v) is 7.48. The van der Waals surface area contributed by atoms with Crippen molar-refractivity contribution in [2.45, 2.75) is 31.7 Å². The Hall–Kier alpha value is -1.26. The Morgan fingerprint density at radius 3 is 2.84 bits per heavy atom. The first-order valence-electron chi connectivity index (χ1n) is 6.29. The summed E-state index contributed by atoms with van der Waals surface area (Å²) in [7, 11) is 0. The summed E-state index contributed by atoms with van der Waals surface area (Å²) in [6.07, 6.45) is 3.25. The summed E-state index contributed by atoms with van der Waals surface area (Å²) >= 11 is 7.36. The second kappa shape index (κ2) is 4.39. The van der Waals surface area contributed by atoms with Crippen LogP contribution in [0, 0.1) is 0 Å². The van der Waals surface area contributed by atoms with Gasteiger partial charge in [-0.15, -0.1) is 11.3 Å². The zero-order valence-corrected chi connectivity index (χ0v) is 12.2. The molecule has 19 heavy (non-hydrogen) atoms. The number of halogens is 1. The average Bonchev–Trinajstić information content (AvgIpc) is 2.64. The van der Waals surface area contributed by atoms with E-state index in [1.807, 2.05) is 12.1 Å². The molecule has 0 bridgehead atoms. The van der Waals surface area contributed by atoms with E-state index in [1.165, 1.54) is 17.8 Å². The van der Waals surface area contributed by atoms with E-state index in [0.29, 0.717) is 15.6 Å². The van der Waals surface area contributed by atoms with Gasteiger partial charge in [-0.3, -0.25) is 4.79 Å². The summed E-state index contributed by atoms with van der Waals surface area (Å²) in [6, 6.07) is 5.51. The normalized spacial score (nSPS) is 17.2. The number of anilines is 1. The minimum Gasteiger partial charge on any atom is -0.397 e. The molecule has 0 spiro atoms. The molecule has 100 valence electrons. The number of nitrogens with two attached hydrogens (primary N) is 1. The number of hydrogen-bond donors (Lipinski definition) is 2. The maximum absolute atomic E-state index is 12.3. The maximum Gasteiger partial charge on any atom is 0.263 e. The number of carbonyl (C=O) groups excluding carboxylic acids is 1. The molecule has 0 radical (unpaired) electrons. The van der Waals surface area contributed by atoms with E-state index in [-0.39, 0.29) is 11.4 Å². The van der Waals surface area contributed by atoms with E-state index in [0.717, 1.165) is 22.9 Å². The largest absolute Gasteiger partial charge is 0.397 e. The molecule has 3 N–H and O–H groups in total. The van der Waals surface area contributed by atoms with Gasteiger partial charge in [0.2, 0.25) is 0 Å². The van der Waals surface area contributed by atoms with E-state index in [1.54, 1.807) is 6.07 Å². The molecular formula is C14H15ClN2OS. The number of carbonyl (C=O) groups is 1. The fourth-order valence-electron chi connectivity index (χ4n) is 2.42. The minimum absolute atomic E-state index is 0.0582. The van der Waals surface area contributed by atoms with Crippen LogP contribution in [0.15, 0.2) is 18.2 Å². The van der Waals surface area contributed by atoms with Gasteiger partial charge in [-0.2, -0.15) is 0 Å². The predicted molar refractivity (Wildman–Crippen MR) is 81.0 cm³/mol. The molecule has 0 unspecified atom stereocenters. The molecule has 1 fully saturated rings. The van der Waals surface area contributed by atoms with Crippen molar-refractivity contribution in [1.82, 2.24) is 5.32 Å². The molecular weight excluding hydrogens is 280 g/mol. The average molecular weight is 295 g/mol. The van der Waals surface area contributed by atoms with Gasteiger partial charge in [-0.05, 0) is 44.4 Å². The zero-order valence-electron chi connectivity index (χ0n) is 10.6. The topological polar surface area (TPSA) is 55.1 Å². The molecule has 3 nitrogen and oxygen atoms in total. The molecule has 1 amide bonds. The van der Waals surface area contributed by atoms with E-state index in [4.69, 9.17) is 17.3 Å². The van der Waals surface area contributed by atoms with Crippen molar-refractivity contribution in [2.75, 3.05) is 5.73 Å². The van der Waals surface area contributed by atoms with Crippen LogP contribution in [0.2, 0.25) is 5.02 Å². The van der Waals surface area contributed by atoms with Crippen LogP contribution in [0.25, 0.3) is 10.1 Å². The molecule has 3 rings (SSSR count). The number of fused-ring (bicyclic) bond motifs is 1. The van der Waals surface area contributed by atoms with E-state index in [2.05, 4.69) is 12.2 Å². The third-order valence-corrected chi connectivity index (χ3v) is 5.17. The smallest absolute Gasteiger partial charge is 0.263 e. The maximum atomic E-state index is 12.3. The third kappa shape index (κ3) is 2.19. The van der Waals surface area contributed by atoms with Gasteiger partial charge < -0.3 is 11.1 Å². The Morgan fingerprint density at radius 2 is 2.21 bits per heavy atom. The molecule has 0 saturated heterocycles. The second-order valence-electron chi connectivity index (χ2n) is 5.35. The summed E-state index contributed by atoms with van der Waals surface area (Å²) in [5, 5.41) is 4.64. The van der Waals surface area contributed by atoms with Crippen LogP contribution in [0.1, 0.15) is 35.9 Å². The van der Waals surface area contributed by atoms with Crippen molar-refractivity contribution in [1.29, 1.82) is 0 Å². The van der Waals surface area contributed by atoms with Crippen LogP contribution in [0.3, 0.4) is 0 Å². The van der Waals surface area contributed by atoms with E-state index >= 15 is 0 Å². The van der Waals surface area contributed by atoms with Gasteiger partial charge in [0.05, 0.1) is 5.69 Å². The lowest BCUT2D eigenvalue weighted by atomic mass is 9.78. The lowest BCUT2D eigenvalue weighted by Gasteiger charge is -2.39. The highest BCUT2D eigenvalue weighted by molar-refractivity contribution is 7.21. The highest BCUT2D eigenvalue weighted by Gasteiger charge is 2.34. The highest BCUT2D eigenvalue weighted by Crippen LogP contribution is 2.37. The van der Waals surface area contributed by atoms with Crippen molar-refractivity contribution < 1.29 is 4.79 Å². The van der Waals surface area contributed by atoms with Crippen molar-refractivity contribution in [3.05, 3.63) is 28.1 Å². The Morgan fingerprint density at radius 1 is 1.47 bits per heavy atom. The van der Waals surface area contributed by atoms with Gasteiger partial charge in [0, 0.05) is 20.6 Å². The molecule has 2 aromatic rings. The quantitative estimate of drug-likeness (QED) is 0.885. The van der Waals surface area contributed by atoms with Gasteiger partial charge in [0.1, 0.15) is 4.88 Å². The molecule has 0 aliphatic heterocycles. The molecule has 0 atom stereocenters. The summed E-state index contributed by atoms with van der Waals surface area (Å²) in [5.74, 6) is -0.0722. The van der Waals surface area contributed by atoms with E-state index < -0.39 is 0 Å². The number of nitrogen functional groups attached to an aromatic ring is 1. The van der Waals surface area contributed by atoms with Crippen LogP contribution >= 0.6 is 22.9 Å². The summed E-state index contributed by atoms with van der Waals surface area (Å²) in [4.78, 5) is 12.9. The summed E-state index contributed by atoms with van der Waals surface area (Å²) in [6.45, 7) is 2.08. The number of amides is 1. The lowest BCUT2D eigenvalue weighted by Crippen LogP contribution is -2.50. The molecule has 1 heterocycles. The number of hydrogen-bond acceptors (Lipinski definition) is 3. The first-order chi connectivity index (χ1) is 8.98. The van der Waals surface area contributed by atoms with Gasteiger partial charge >= 0.3 is 0 Å². The molecule has 1 aromatic heterocycles. The molecule has 1 saturated carbocycles. The fraction of sp³-hybridized carbons (Fsp3) is 0.357. The van der Waals surface area contributed by atoms with Gasteiger partial charge in [-0.25, -0.2) is 0 Å². The minimum atomic E-state index is -0.0722. The Balaban J connectivity index is 1.96. The molecule has 1 aromatic carbocycles. The summed E-state index contributed by atoms with van der Waals surface area (Å²) < 4.78 is 0.953. The molecule has 1 aliphatic carbocycles. The number of thiophene rings is 1. The van der Waals surface area contributed by atoms with Crippen LogP contribution in [-0.2, 0) is 0 Å². The third-order valence-electron chi connectivity index (χ3n) is 3.77. The van der Waals surface area contributed by atoms with Crippen molar-refractivity contribution in [3.63, 3.8) is 0 Å². The molecule has 1 aliphatic rings. The zero-order chi connectivity index (χ0) is 13.6. The van der Waals surface area contributed by atoms with Crippen molar-refractivity contribution in [2.24, 2.45) is 0 Å².